The number of ether oxygens (including phenoxy) is 2. The molecule has 0 N–H and O–H groups in total. The quantitative estimate of drug-likeness (QED) is 0.479. The summed E-state index contributed by atoms with van der Waals surface area (Å²) in [6.07, 6.45) is 1.65. The van der Waals surface area contributed by atoms with Gasteiger partial charge in [-0.2, -0.15) is 0 Å². The van der Waals surface area contributed by atoms with E-state index in [1.165, 1.54) is 33.1 Å². The summed E-state index contributed by atoms with van der Waals surface area (Å²) in [5.41, 5.74) is 1.31. The van der Waals surface area contributed by atoms with Gasteiger partial charge in [-0.05, 0) is 24.3 Å². The highest BCUT2D eigenvalue weighted by atomic mass is 32.1. The number of esters is 1. The van der Waals surface area contributed by atoms with Crippen LogP contribution in [-0.4, -0.2) is 27.4 Å². The first-order valence-electron chi connectivity index (χ1n) is 7.87. The van der Waals surface area contributed by atoms with Crippen LogP contribution in [0.15, 0.2) is 52.1 Å². The van der Waals surface area contributed by atoms with Gasteiger partial charge in [0.1, 0.15) is 17.4 Å². The van der Waals surface area contributed by atoms with Crippen molar-refractivity contribution in [1.82, 2.24) is 14.4 Å². The van der Waals surface area contributed by atoms with Gasteiger partial charge in [-0.3, -0.25) is 9.20 Å². The van der Waals surface area contributed by atoms with Crippen LogP contribution in [-0.2, 0) is 11.3 Å². The Morgan fingerprint density at radius 1 is 1.19 bits per heavy atom. The lowest BCUT2D eigenvalue weighted by Crippen LogP contribution is -2.14. The van der Waals surface area contributed by atoms with Crippen molar-refractivity contribution in [3.05, 3.63) is 69.0 Å². The van der Waals surface area contributed by atoms with Gasteiger partial charge in [0.15, 0.2) is 10.7 Å². The van der Waals surface area contributed by atoms with E-state index in [-0.39, 0.29) is 17.9 Å². The zero-order valence-electron chi connectivity index (χ0n) is 14.1. The second-order valence-corrected chi connectivity index (χ2v) is 7.21. The van der Waals surface area contributed by atoms with Gasteiger partial charge in [0.2, 0.25) is 0 Å². The summed E-state index contributed by atoms with van der Waals surface area (Å²) in [4.78, 5) is 33.4. The van der Waals surface area contributed by atoms with E-state index >= 15 is 0 Å². The normalized spacial score (nSPS) is 10.9. The van der Waals surface area contributed by atoms with Crippen molar-refractivity contribution in [3.63, 3.8) is 0 Å². The molecule has 7 nitrogen and oxygen atoms in total. The number of carbonyl (C=O) groups excluding carboxylic acids is 1. The highest BCUT2D eigenvalue weighted by Crippen LogP contribution is 2.26. The van der Waals surface area contributed by atoms with Crippen molar-refractivity contribution >= 4 is 33.6 Å². The van der Waals surface area contributed by atoms with Crippen molar-refractivity contribution in [2.45, 2.75) is 6.61 Å². The Kier molecular flexibility index (Phi) is 4.69. The molecule has 27 heavy (non-hydrogen) atoms. The standard InChI is InChI=1S/C18H13N3O4S2/c1-24-13-4-2-11(3-5-13)16-20-14(10-27-16)17(23)25-9-12-8-15(22)21-6-7-26-18(21)19-12/h2-8,10H,9H2,1H3. The number of rotatable bonds is 5. The van der Waals surface area contributed by atoms with Crippen LogP contribution in [0.25, 0.3) is 15.5 Å². The van der Waals surface area contributed by atoms with Crippen LogP contribution < -0.4 is 10.3 Å². The largest absolute Gasteiger partial charge is 0.497 e. The van der Waals surface area contributed by atoms with Crippen molar-refractivity contribution in [2.75, 3.05) is 7.11 Å². The average molecular weight is 399 g/mol. The molecule has 0 spiro atoms. The second kappa shape index (κ2) is 7.29. The van der Waals surface area contributed by atoms with Crippen molar-refractivity contribution < 1.29 is 14.3 Å². The van der Waals surface area contributed by atoms with Crippen LogP contribution in [0.4, 0.5) is 0 Å². The Balaban J connectivity index is 1.46. The SMILES string of the molecule is COc1ccc(-c2nc(C(=O)OCc3cc(=O)n4ccsc4n3)cs2)cc1. The molecule has 4 rings (SSSR count). The lowest BCUT2D eigenvalue weighted by molar-refractivity contribution is 0.0462. The van der Waals surface area contributed by atoms with Gasteiger partial charge in [-0.25, -0.2) is 14.8 Å². The van der Waals surface area contributed by atoms with Gasteiger partial charge in [0.25, 0.3) is 5.56 Å². The molecule has 4 aromatic rings. The third kappa shape index (κ3) is 3.60. The van der Waals surface area contributed by atoms with Crippen LogP contribution in [0.3, 0.4) is 0 Å². The van der Waals surface area contributed by atoms with Crippen LogP contribution >= 0.6 is 22.7 Å². The molecule has 0 saturated carbocycles. The van der Waals surface area contributed by atoms with Gasteiger partial charge in [-0.15, -0.1) is 22.7 Å². The maximum Gasteiger partial charge on any atom is 0.358 e. The molecule has 0 bridgehead atoms. The number of methoxy groups -OCH3 is 1. The summed E-state index contributed by atoms with van der Waals surface area (Å²) < 4.78 is 11.8. The summed E-state index contributed by atoms with van der Waals surface area (Å²) in [7, 11) is 1.60. The molecule has 0 aliphatic carbocycles. The molecule has 0 aliphatic heterocycles. The van der Waals surface area contributed by atoms with E-state index in [0.29, 0.717) is 15.7 Å². The van der Waals surface area contributed by atoms with E-state index in [1.54, 1.807) is 24.1 Å². The number of benzene rings is 1. The van der Waals surface area contributed by atoms with Gasteiger partial charge in [0, 0.05) is 28.6 Å². The molecule has 0 atom stereocenters. The Morgan fingerprint density at radius 2 is 2.00 bits per heavy atom. The second-order valence-electron chi connectivity index (χ2n) is 5.48. The first-order valence-corrected chi connectivity index (χ1v) is 9.63. The number of aromatic nitrogens is 3. The molecule has 0 saturated heterocycles. The first kappa shape index (κ1) is 17.4. The van der Waals surface area contributed by atoms with E-state index in [4.69, 9.17) is 9.47 Å². The van der Waals surface area contributed by atoms with Gasteiger partial charge < -0.3 is 9.47 Å². The lowest BCUT2D eigenvalue weighted by atomic mass is 10.2. The predicted molar refractivity (Wildman–Crippen MR) is 103 cm³/mol. The topological polar surface area (TPSA) is 82.8 Å². The Hall–Kier alpha value is -3.04. The fourth-order valence-electron chi connectivity index (χ4n) is 2.41. The van der Waals surface area contributed by atoms with Crippen molar-refractivity contribution in [2.24, 2.45) is 0 Å². The molecule has 136 valence electrons. The van der Waals surface area contributed by atoms with Crippen LogP contribution in [0.2, 0.25) is 0 Å². The Labute approximate surface area is 161 Å². The lowest BCUT2D eigenvalue weighted by Gasteiger charge is -2.03. The molecule has 0 unspecified atom stereocenters. The molecule has 0 aliphatic rings. The maximum absolute atomic E-state index is 12.3. The fourth-order valence-corrected chi connectivity index (χ4v) is 3.94. The highest BCUT2D eigenvalue weighted by molar-refractivity contribution is 7.15. The number of thiazole rings is 2. The van der Waals surface area contributed by atoms with Crippen molar-refractivity contribution in [3.8, 4) is 16.3 Å². The van der Waals surface area contributed by atoms with Crippen LogP contribution in [0.5, 0.6) is 5.75 Å². The minimum atomic E-state index is -0.556. The van der Waals surface area contributed by atoms with Gasteiger partial charge >= 0.3 is 5.97 Å². The third-order valence-electron chi connectivity index (χ3n) is 3.76. The third-order valence-corrected chi connectivity index (χ3v) is 5.41. The van der Waals surface area contributed by atoms with Crippen LogP contribution in [0.1, 0.15) is 16.2 Å². The highest BCUT2D eigenvalue weighted by Gasteiger charge is 2.14. The van der Waals surface area contributed by atoms with E-state index in [2.05, 4.69) is 9.97 Å². The van der Waals surface area contributed by atoms with Crippen LogP contribution in [0, 0.1) is 0 Å². The minimum Gasteiger partial charge on any atom is -0.497 e. The maximum atomic E-state index is 12.3. The van der Waals surface area contributed by atoms with Gasteiger partial charge in [-0.1, -0.05) is 0 Å². The Morgan fingerprint density at radius 3 is 2.78 bits per heavy atom. The summed E-state index contributed by atoms with van der Waals surface area (Å²) in [5.74, 6) is 0.195. The van der Waals surface area contributed by atoms with Gasteiger partial charge in [0.05, 0.1) is 12.8 Å². The monoisotopic (exact) mass is 399 g/mol. The number of nitrogens with zero attached hydrogens (tertiary/aromatic N) is 3. The fraction of sp³-hybridized carbons (Fsp3) is 0.111. The Bertz CT molecular complexity index is 1160. The molecular weight excluding hydrogens is 386 g/mol. The molecular formula is C18H13N3O4S2. The zero-order valence-corrected chi connectivity index (χ0v) is 15.8. The zero-order chi connectivity index (χ0) is 18.8. The number of hydrogen-bond acceptors (Lipinski definition) is 8. The molecule has 0 amide bonds. The number of carbonyl (C=O) groups is 1. The van der Waals surface area contributed by atoms with E-state index < -0.39 is 5.97 Å². The summed E-state index contributed by atoms with van der Waals surface area (Å²) in [6.45, 7) is -0.0854. The number of fused-ring (bicyclic) bond motifs is 1. The molecule has 3 aromatic heterocycles. The smallest absolute Gasteiger partial charge is 0.358 e. The van der Waals surface area contributed by atoms with E-state index in [1.807, 2.05) is 24.3 Å². The average Bonchev–Trinajstić information content (AvgIpc) is 3.36. The molecule has 0 fully saturated rings. The summed E-state index contributed by atoms with van der Waals surface area (Å²) in [6, 6.07) is 8.77. The molecule has 3 heterocycles. The van der Waals surface area contributed by atoms with E-state index in [0.717, 1.165) is 11.3 Å². The minimum absolute atomic E-state index is 0.0854. The van der Waals surface area contributed by atoms with E-state index in [9.17, 15) is 9.59 Å². The van der Waals surface area contributed by atoms with Crippen molar-refractivity contribution in [1.29, 1.82) is 0 Å². The summed E-state index contributed by atoms with van der Waals surface area (Å²) in [5, 5.41) is 4.13. The molecule has 1 aromatic carbocycles. The summed E-state index contributed by atoms with van der Waals surface area (Å²) >= 11 is 2.69. The predicted octanol–water partition coefficient (Wildman–Crippen LogP) is 3.25. The number of hydrogen-bond donors (Lipinski definition) is 0. The molecule has 0 radical (unpaired) electrons. The first-order chi connectivity index (χ1) is 13.1. The molecule has 9 heteroatoms.